The van der Waals surface area contributed by atoms with Gasteiger partial charge in [-0.2, -0.15) is 0 Å². The SMILES string of the molecule is CN=C(NCCCS(C)(=O)=O)NC(C)c1ccc(OCC(C)C)cc1.I. The molecule has 0 saturated carbocycles. The van der Waals surface area contributed by atoms with Crippen molar-refractivity contribution < 1.29 is 13.2 Å². The quantitative estimate of drug-likeness (QED) is 0.237. The van der Waals surface area contributed by atoms with Crippen LogP contribution in [0.4, 0.5) is 0 Å². The zero-order valence-corrected chi connectivity index (χ0v) is 19.4. The molecule has 0 fully saturated rings. The number of nitrogens with zero attached hydrogens (tertiary/aromatic N) is 1. The molecule has 1 unspecified atom stereocenters. The topological polar surface area (TPSA) is 79.8 Å². The molecule has 1 aromatic carbocycles. The molecule has 0 spiro atoms. The highest BCUT2D eigenvalue weighted by molar-refractivity contribution is 14.0. The standard InChI is InChI=1S/C18H31N3O3S.HI/c1-14(2)13-24-17-9-7-16(8-10-17)15(3)21-18(19-4)20-11-6-12-25(5,22)23;/h7-10,14-15H,6,11-13H2,1-5H3,(H2,19,20,21);1H. The Kier molecular flexibility index (Phi) is 11.9. The molecule has 1 atom stereocenters. The van der Waals surface area contributed by atoms with Gasteiger partial charge in [-0.05, 0) is 37.0 Å². The molecule has 0 aliphatic carbocycles. The average Bonchev–Trinajstić information content (AvgIpc) is 2.55. The van der Waals surface area contributed by atoms with Crippen LogP contribution in [0.5, 0.6) is 5.75 Å². The Hall–Kier alpha value is -1.03. The van der Waals surface area contributed by atoms with Crippen LogP contribution >= 0.6 is 24.0 Å². The fraction of sp³-hybridized carbons (Fsp3) is 0.611. The van der Waals surface area contributed by atoms with E-state index < -0.39 is 9.84 Å². The van der Waals surface area contributed by atoms with Crippen molar-refractivity contribution >= 4 is 39.8 Å². The highest BCUT2D eigenvalue weighted by atomic mass is 127. The average molecular weight is 497 g/mol. The Bertz CT molecular complexity index is 646. The lowest BCUT2D eigenvalue weighted by molar-refractivity contribution is 0.271. The minimum absolute atomic E-state index is 0. The summed E-state index contributed by atoms with van der Waals surface area (Å²) in [5.41, 5.74) is 1.12. The van der Waals surface area contributed by atoms with E-state index in [0.717, 1.165) is 11.3 Å². The second kappa shape index (κ2) is 12.4. The minimum Gasteiger partial charge on any atom is -0.493 e. The number of halogens is 1. The van der Waals surface area contributed by atoms with Gasteiger partial charge in [0.15, 0.2) is 5.96 Å². The first kappa shape index (κ1) is 25.0. The summed E-state index contributed by atoms with van der Waals surface area (Å²) in [6.07, 6.45) is 1.80. The predicted molar refractivity (Wildman–Crippen MR) is 119 cm³/mol. The normalized spacial score (nSPS) is 13.1. The Morgan fingerprint density at radius 3 is 2.31 bits per heavy atom. The third kappa shape index (κ3) is 10.8. The number of benzene rings is 1. The van der Waals surface area contributed by atoms with Crippen molar-refractivity contribution in [3.05, 3.63) is 29.8 Å². The summed E-state index contributed by atoms with van der Waals surface area (Å²) >= 11 is 0. The second-order valence-corrected chi connectivity index (χ2v) is 8.88. The fourth-order valence-electron chi connectivity index (χ4n) is 2.14. The van der Waals surface area contributed by atoms with E-state index in [1.54, 1.807) is 7.05 Å². The fourth-order valence-corrected chi connectivity index (χ4v) is 2.81. The summed E-state index contributed by atoms with van der Waals surface area (Å²) in [5.74, 6) is 2.19. The van der Waals surface area contributed by atoms with Gasteiger partial charge in [0.2, 0.25) is 0 Å². The summed E-state index contributed by atoms with van der Waals surface area (Å²) in [7, 11) is -1.23. The molecular formula is C18H32IN3O3S. The highest BCUT2D eigenvalue weighted by Crippen LogP contribution is 2.18. The van der Waals surface area contributed by atoms with Crippen LogP contribution in [0.25, 0.3) is 0 Å². The predicted octanol–water partition coefficient (Wildman–Crippen LogP) is 3.00. The first-order chi connectivity index (χ1) is 11.7. The lowest BCUT2D eigenvalue weighted by Crippen LogP contribution is -2.39. The minimum atomic E-state index is -2.92. The maximum Gasteiger partial charge on any atom is 0.191 e. The van der Waals surface area contributed by atoms with Crippen molar-refractivity contribution in [1.29, 1.82) is 0 Å². The molecule has 2 N–H and O–H groups in total. The molecule has 0 radical (unpaired) electrons. The van der Waals surface area contributed by atoms with Crippen LogP contribution in [0.2, 0.25) is 0 Å². The van der Waals surface area contributed by atoms with E-state index in [9.17, 15) is 8.42 Å². The number of hydrogen-bond acceptors (Lipinski definition) is 4. The molecule has 0 amide bonds. The number of nitrogens with one attached hydrogen (secondary N) is 2. The highest BCUT2D eigenvalue weighted by Gasteiger charge is 2.09. The maximum absolute atomic E-state index is 11.1. The summed E-state index contributed by atoms with van der Waals surface area (Å²) in [4.78, 5) is 4.17. The number of sulfone groups is 1. The van der Waals surface area contributed by atoms with Crippen molar-refractivity contribution in [2.24, 2.45) is 10.9 Å². The number of ether oxygens (including phenoxy) is 1. The molecule has 0 saturated heterocycles. The molecule has 26 heavy (non-hydrogen) atoms. The molecule has 150 valence electrons. The van der Waals surface area contributed by atoms with E-state index >= 15 is 0 Å². The number of rotatable bonds is 9. The molecule has 0 heterocycles. The van der Waals surface area contributed by atoms with E-state index in [1.165, 1.54) is 6.26 Å². The Balaban J connectivity index is 0.00000625. The van der Waals surface area contributed by atoms with Crippen LogP contribution in [0.1, 0.15) is 38.8 Å². The van der Waals surface area contributed by atoms with E-state index in [0.29, 0.717) is 31.4 Å². The zero-order valence-electron chi connectivity index (χ0n) is 16.3. The van der Waals surface area contributed by atoms with Gasteiger partial charge in [0.1, 0.15) is 15.6 Å². The smallest absolute Gasteiger partial charge is 0.191 e. The Morgan fingerprint density at radius 1 is 1.19 bits per heavy atom. The van der Waals surface area contributed by atoms with Crippen LogP contribution in [0.15, 0.2) is 29.3 Å². The van der Waals surface area contributed by atoms with Gasteiger partial charge < -0.3 is 15.4 Å². The van der Waals surface area contributed by atoms with Crippen LogP contribution in [-0.4, -0.2) is 46.6 Å². The van der Waals surface area contributed by atoms with Crippen LogP contribution in [0, 0.1) is 5.92 Å². The van der Waals surface area contributed by atoms with Gasteiger partial charge in [0.05, 0.1) is 18.4 Å². The molecule has 0 aromatic heterocycles. The van der Waals surface area contributed by atoms with Gasteiger partial charge >= 0.3 is 0 Å². The first-order valence-electron chi connectivity index (χ1n) is 8.59. The summed E-state index contributed by atoms with van der Waals surface area (Å²) in [6, 6.07) is 8.07. The van der Waals surface area contributed by atoms with Crippen molar-refractivity contribution in [2.75, 3.05) is 32.2 Å². The molecule has 6 nitrogen and oxygen atoms in total. The largest absolute Gasteiger partial charge is 0.493 e. The summed E-state index contributed by atoms with van der Waals surface area (Å²) in [5, 5.41) is 6.44. The van der Waals surface area contributed by atoms with E-state index in [2.05, 4.69) is 29.5 Å². The Labute approximate surface area is 175 Å². The van der Waals surface area contributed by atoms with Crippen LogP contribution < -0.4 is 15.4 Å². The van der Waals surface area contributed by atoms with Gasteiger partial charge in [-0.25, -0.2) is 8.42 Å². The summed E-state index contributed by atoms with van der Waals surface area (Å²) < 4.78 is 28.0. The van der Waals surface area contributed by atoms with E-state index in [1.807, 2.05) is 31.2 Å². The van der Waals surface area contributed by atoms with Gasteiger partial charge in [-0.1, -0.05) is 26.0 Å². The van der Waals surface area contributed by atoms with Gasteiger partial charge in [-0.3, -0.25) is 4.99 Å². The molecule has 0 bridgehead atoms. The molecule has 1 rings (SSSR count). The lowest BCUT2D eigenvalue weighted by Gasteiger charge is -2.18. The monoisotopic (exact) mass is 497 g/mol. The van der Waals surface area contributed by atoms with Gasteiger partial charge in [-0.15, -0.1) is 24.0 Å². The van der Waals surface area contributed by atoms with Gasteiger partial charge in [0, 0.05) is 19.8 Å². The third-order valence-electron chi connectivity index (χ3n) is 3.52. The maximum atomic E-state index is 11.1. The van der Waals surface area contributed by atoms with Crippen LogP contribution in [-0.2, 0) is 9.84 Å². The molecule has 8 heteroatoms. The molecule has 0 aliphatic heterocycles. The summed E-state index contributed by atoms with van der Waals surface area (Å²) in [6.45, 7) is 7.55. The van der Waals surface area contributed by atoms with Crippen molar-refractivity contribution in [3.8, 4) is 5.75 Å². The first-order valence-corrected chi connectivity index (χ1v) is 10.6. The van der Waals surface area contributed by atoms with E-state index in [4.69, 9.17) is 4.74 Å². The molecule has 0 aliphatic rings. The number of aliphatic imine (C=N–C) groups is 1. The number of hydrogen-bond donors (Lipinski definition) is 2. The Morgan fingerprint density at radius 2 is 1.81 bits per heavy atom. The second-order valence-electron chi connectivity index (χ2n) is 6.62. The van der Waals surface area contributed by atoms with Crippen molar-refractivity contribution in [3.63, 3.8) is 0 Å². The van der Waals surface area contributed by atoms with Gasteiger partial charge in [0.25, 0.3) is 0 Å². The molecule has 1 aromatic rings. The number of guanidine groups is 1. The lowest BCUT2D eigenvalue weighted by atomic mass is 10.1. The van der Waals surface area contributed by atoms with Crippen molar-refractivity contribution in [2.45, 2.75) is 33.2 Å². The molecular weight excluding hydrogens is 465 g/mol. The van der Waals surface area contributed by atoms with E-state index in [-0.39, 0.29) is 35.8 Å². The third-order valence-corrected chi connectivity index (χ3v) is 4.55. The van der Waals surface area contributed by atoms with Crippen LogP contribution in [0.3, 0.4) is 0 Å². The van der Waals surface area contributed by atoms with Crippen molar-refractivity contribution in [1.82, 2.24) is 10.6 Å². The zero-order chi connectivity index (χ0) is 18.9.